The van der Waals surface area contributed by atoms with Crippen molar-refractivity contribution in [2.45, 2.75) is 25.5 Å². The van der Waals surface area contributed by atoms with Gasteiger partial charge in [0.2, 0.25) is 5.91 Å². The maximum absolute atomic E-state index is 13.7. The second-order valence-electron chi connectivity index (χ2n) is 6.49. The van der Waals surface area contributed by atoms with E-state index in [1.807, 2.05) is 34.9 Å². The molecule has 3 aromatic rings. The van der Waals surface area contributed by atoms with Crippen LogP contribution in [0.5, 0.6) is 0 Å². The summed E-state index contributed by atoms with van der Waals surface area (Å²) in [6, 6.07) is 15.9. The first kappa shape index (κ1) is 19.1. The normalized spacial score (nSPS) is 11.0. The van der Waals surface area contributed by atoms with Crippen molar-refractivity contribution in [2.75, 3.05) is 11.1 Å². The molecule has 0 spiro atoms. The molecule has 0 aliphatic heterocycles. The number of thioether (sulfide) groups is 1. The molecule has 0 atom stereocenters. The fourth-order valence-corrected chi connectivity index (χ4v) is 3.35. The van der Waals surface area contributed by atoms with E-state index in [9.17, 15) is 9.18 Å². The minimum absolute atomic E-state index is 0.124. The summed E-state index contributed by atoms with van der Waals surface area (Å²) in [7, 11) is 0. The SMILES string of the molecule is CC(C)Cn1c(SCC(=O)Nc2ccccc2F)nnc1-c1ccccc1. The monoisotopic (exact) mass is 384 g/mol. The third kappa shape index (κ3) is 4.95. The molecule has 140 valence electrons. The fraction of sp³-hybridized carbons (Fsp3) is 0.250. The highest BCUT2D eigenvalue weighted by Gasteiger charge is 2.17. The summed E-state index contributed by atoms with van der Waals surface area (Å²) in [5.74, 6) is 0.561. The minimum atomic E-state index is -0.454. The van der Waals surface area contributed by atoms with Gasteiger partial charge in [0.05, 0.1) is 11.4 Å². The number of nitrogens with one attached hydrogen (secondary N) is 1. The van der Waals surface area contributed by atoms with Crippen molar-refractivity contribution in [1.82, 2.24) is 14.8 Å². The molecule has 0 aliphatic carbocycles. The Bertz CT molecular complexity index is 911. The molecular formula is C20H21FN4OS. The van der Waals surface area contributed by atoms with Crippen molar-refractivity contribution in [2.24, 2.45) is 5.92 Å². The zero-order chi connectivity index (χ0) is 19.2. The summed E-state index contributed by atoms with van der Waals surface area (Å²) < 4.78 is 15.7. The molecule has 0 radical (unpaired) electrons. The number of hydrogen-bond donors (Lipinski definition) is 1. The van der Waals surface area contributed by atoms with Crippen LogP contribution in [0.25, 0.3) is 11.4 Å². The van der Waals surface area contributed by atoms with Gasteiger partial charge in [0, 0.05) is 12.1 Å². The molecule has 0 saturated carbocycles. The van der Waals surface area contributed by atoms with Gasteiger partial charge in [0.25, 0.3) is 0 Å². The van der Waals surface area contributed by atoms with E-state index < -0.39 is 5.82 Å². The standard InChI is InChI=1S/C20H21FN4OS/c1-14(2)12-25-19(15-8-4-3-5-9-15)23-24-20(25)27-13-18(26)22-17-11-7-6-10-16(17)21/h3-11,14H,12-13H2,1-2H3,(H,22,26). The molecule has 1 amide bonds. The lowest BCUT2D eigenvalue weighted by Gasteiger charge is -2.12. The first-order chi connectivity index (χ1) is 13.0. The van der Waals surface area contributed by atoms with Gasteiger partial charge >= 0.3 is 0 Å². The Morgan fingerprint density at radius 3 is 2.52 bits per heavy atom. The minimum Gasteiger partial charge on any atom is -0.323 e. The van der Waals surface area contributed by atoms with Crippen LogP contribution in [0.2, 0.25) is 0 Å². The zero-order valence-corrected chi connectivity index (χ0v) is 16.0. The molecule has 27 heavy (non-hydrogen) atoms. The van der Waals surface area contributed by atoms with Crippen LogP contribution < -0.4 is 5.32 Å². The van der Waals surface area contributed by atoms with E-state index in [0.717, 1.165) is 17.9 Å². The van der Waals surface area contributed by atoms with Crippen molar-refractivity contribution in [1.29, 1.82) is 0 Å². The molecule has 0 unspecified atom stereocenters. The highest BCUT2D eigenvalue weighted by molar-refractivity contribution is 7.99. The second-order valence-corrected chi connectivity index (χ2v) is 7.44. The number of amides is 1. The summed E-state index contributed by atoms with van der Waals surface area (Å²) in [4.78, 5) is 12.2. The molecule has 1 N–H and O–H groups in total. The third-order valence-electron chi connectivity index (χ3n) is 3.78. The molecule has 0 saturated heterocycles. The molecule has 7 heteroatoms. The van der Waals surface area contributed by atoms with E-state index in [1.165, 1.54) is 23.9 Å². The zero-order valence-electron chi connectivity index (χ0n) is 15.2. The van der Waals surface area contributed by atoms with Gasteiger partial charge in [-0.3, -0.25) is 4.79 Å². The number of carbonyl (C=O) groups excluding carboxylic acids is 1. The lowest BCUT2D eigenvalue weighted by atomic mass is 10.2. The average molecular weight is 384 g/mol. The number of hydrogen-bond acceptors (Lipinski definition) is 4. The Hall–Kier alpha value is -2.67. The van der Waals surface area contributed by atoms with Crippen molar-refractivity contribution in [3.63, 3.8) is 0 Å². The quantitative estimate of drug-likeness (QED) is 0.611. The summed E-state index contributed by atoms with van der Waals surface area (Å²) >= 11 is 1.29. The number of carbonyl (C=O) groups is 1. The first-order valence-corrected chi connectivity index (χ1v) is 9.69. The third-order valence-corrected chi connectivity index (χ3v) is 4.74. The predicted octanol–water partition coefficient (Wildman–Crippen LogP) is 4.47. The fourth-order valence-electron chi connectivity index (χ4n) is 2.60. The van der Waals surface area contributed by atoms with Crippen molar-refractivity contribution in [3.8, 4) is 11.4 Å². The highest BCUT2D eigenvalue weighted by atomic mass is 32.2. The maximum Gasteiger partial charge on any atom is 0.234 e. The van der Waals surface area contributed by atoms with E-state index in [-0.39, 0.29) is 17.3 Å². The maximum atomic E-state index is 13.7. The van der Waals surface area contributed by atoms with Gasteiger partial charge < -0.3 is 9.88 Å². The molecule has 1 heterocycles. The predicted molar refractivity (Wildman–Crippen MR) is 106 cm³/mol. The van der Waals surface area contributed by atoms with Crippen LogP contribution >= 0.6 is 11.8 Å². The van der Waals surface area contributed by atoms with Crippen molar-refractivity contribution >= 4 is 23.4 Å². The highest BCUT2D eigenvalue weighted by Crippen LogP contribution is 2.25. The average Bonchev–Trinajstić information content (AvgIpc) is 3.04. The Balaban J connectivity index is 1.73. The van der Waals surface area contributed by atoms with E-state index in [1.54, 1.807) is 12.1 Å². The summed E-state index contributed by atoms with van der Waals surface area (Å²) in [6.45, 7) is 4.98. The molecule has 0 aliphatic rings. The Morgan fingerprint density at radius 2 is 1.81 bits per heavy atom. The summed E-state index contributed by atoms with van der Waals surface area (Å²) in [5.41, 5.74) is 1.16. The molecule has 5 nitrogen and oxygen atoms in total. The molecular weight excluding hydrogens is 363 g/mol. The topological polar surface area (TPSA) is 59.8 Å². The number of halogens is 1. The number of aromatic nitrogens is 3. The Kier molecular flexibility index (Phi) is 6.24. The number of rotatable bonds is 7. The molecule has 3 rings (SSSR count). The van der Waals surface area contributed by atoms with E-state index in [0.29, 0.717) is 11.1 Å². The van der Waals surface area contributed by atoms with Gasteiger partial charge in [-0.25, -0.2) is 4.39 Å². The first-order valence-electron chi connectivity index (χ1n) is 8.70. The molecule has 0 fully saturated rings. The lowest BCUT2D eigenvalue weighted by molar-refractivity contribution is -0.113. The van der Waals surface area contributed by atoms with Crippen LogP contribution in [0.3, 0.4) is 0 Å². The van der Waals surface area contributed by atoms with Crippen LogP contribution in [-0.4, -0.2) is 26.4 Å². The molecule has 2 aromatic carbocycles. The van der Waals surface area contributed by atoms with Crippen LogP contribution in [0, 0.1) is 11.7 Å². The number of para-hydroxylation sites is 1. The van der Waals surface area contributed by atoms with E-state index >= 15 is 0 Å². The molecule has 1 aromatic heterocycles. The van der Waals surface area contributed by atoms with Crippen LogP contribution in [0.1, 0.15) is 13.8 Å². The smallest absolute Gasteiger partial charge is 0.234 e. The van der Waals surface area contributed by atoms with Gasteiger partial charge in [0.15, 0.2) is 11.0 Å². The second kappa shape index (κ2) is 8.81. The summed E-state index contributed by atoms with van der Waals surface area (Å²) in [6.07, 6.45) is 0. The van der Waals surface area contributed by atoms with Crippen molar-refractivity contribution < 1.29 is 9.18 Å². The number of nitrogens with zero attached hydrogens (tertiary/aromatic N) is 3. The Morgan fingerprint density at radius 1 is 1.11 bits per heavy atom. The number of anilines is 1. The van der Waals surface area contributed by atoms with Crippen molar-refractivity contribution in [3.05, 3.63) is 60.4 Å². The number of benzene rings is 2. The van der Waals surface area contributed by atoms with Gasteiger partial charge in [0.1, 0.15) is 5.82 Å². The van der Waals surface area contributed by atoms with Gasteiger partial charge in [-0.1, -0.05) is 68.1 Å². The van der Waals surface area contributed by atoms with E-state index in [2.05, 4.69) is 29.4 Å². The largest absolute Gasteiger partial charge is 0.323 e. The van der Waals surface area contributed by atoms with Gasteiger partial charge in [-0.05, 0) is 18.1 Å². The van der Waals surface area contributed by atoms with Gasteiger partial charge in [-0.15, -0.1) is 10.2 Å². The van der Waals surface area contributed by atoms with Gasteiger partial charge in [-0.2, -0.15) is 0 Å². The van der Waals surface area contributed by atoms with Crippen LogP contribution in [0.15, 0.2) is 59.8 Å². The van der Waals surface area contributed by atoms with E-state index in [4.69, 9.17) is 0 Å². The van der Waals surface area contributed by atoms with Crippen LogP contribution in [0.4, 0.5) is 10.1 Å². The lowest BCUT2D eigenvalue weighted by Crippen LogP contribution is -2.16. The molecule has 0 bridgehead atoms. The Labute approximate surface area is 162 Å². The summed E-state index contributed by atoms with van der Waals surface area (Å²) in [5, 5.41) is 11.8. The van der Waals surface area contributed by atoms with Crippen LogP contribution in [-0.2, 0) is 11.3 Å².